The van der Waals surface area contributed by atoms with Crippen LogP contribution in [0.25, 0.3) is 11.3 Å². The van der Waals surface area contributed by atoms with E-state index in [1.165, 1.54) is 16.7 Å². The van der Waals surface area contributed by atoms with Crippen LogP contribution in [0, 0.1) is 0 Å². The average molecular weight is 348 g/mol. The smallest absolute Gasteiger partial charge is 0.113 e. The molecule has 136 valence electrons. The van der Waals surface area contributed by atoms with Gasteiger partial charge in [-0.3, -0.25) is 0 Å². The van der Waals surface area contributed by atoms with Crippen LogP contribution in [0.4, 0.5) is 0 Å². The van der Waals surface area contributed by atoms with Gasteiger partial charge < -0.3 is 0 Å². The zero-order valence-corrected chi connectivity index (χ0v) is 16.7. The highest BCUT2D eigenvalue weighted by Gasteiger charge is 2.14. The van der Waals surface area contributed by atoms with Gasteiger partial charge in [0.2, 0.25) is 0 Å². The monoisotopic (exact) mass is 347 g/mol. The standard InChI is InChI=1S/C23H29N3/c1-22(2,3)19-11-7-17(8-12-19)15-26-16-21(24-25-26)18-9-13-20(14-10-18)23(4,5)6/h7-14,16H,15H2,1-6H3. The third-order valence-electron chi connectivity index (χ3n) is 4.75. The Bertz CT molecular complexity index is 858. The fourth-order valence-electron chi connectivity index (χ4n) is 2.95. The molecule has 0 aliphatic rings. The molecule has 0 unspecified atom stereocenters. The van der Waals surface area contributed by atoms with Gasteiger partial charge in [-0.05, 0) is 27.5 Å². The Morgan fingerprint density at radius 3 is 1.73 bits per heavy atom. The van der Waals surface area contributed by atoms with Crippen LogP contribution in [0.3, 0.4) is 0 Å². The second-order valence-corrected chi connectivity index (χ2v) is 9.08. The summed E-state index contributed by atoms with van der Waals surface area (Å²) in [5.74, 6) is 0. The van der Waals surface area contributed by atoms with Gasteiger partial charge in [-0.15, -0.1) is 5.10 Å². The minimum Gasteiger partial charge on any atom is -0.247 e. The van der Waals surface area contributed by atoms with Gasteiger partial charge in [0.25, 0.3) is 0 Å². The lowest BCUT2D eigenvalue weighted by Crippen LogP contribution is -2.11. The summed E-state index contributed by atoms with van der Waals surface area (Å²) in [6.45, 7) is 14.1. The molecule has 0 amide bonds. The molecule has 0 radical (unpaired) electrons. The molecule has 2 aromatic carbocycles. The van der Waals surface area contributed by atoms with Gasteiger partial charge in [0.1, 0.15) is 5.69 Å². The second kappa shape index (κ2) is 6.71. The molecule has 0 spiro atoms. The summed E-state index contributed by atoms with van der Waals surface area (Å²) >= 11 is 0. The molecule has 0 bridgehead atoms. The molecule has 26 heavy (non-hydrogen) atoms. The molecular weight excluding hydrogens is 318 g/mol. The molecule has 0 saturated carbocycles. The van der Waals surface area contributed by atoms with Crippen LogP contribution < -0.4 is 0 Å². The molecule has 3 aromatic rings. The van der Waals surface area contributed by atoms with Crippen LogP contribution >= 0.6 is 0 Å². The molecule has 1 heterocycles. The maximum Gasteiger partial charge on any atom is 0.113 e. The number of rotatable bonds is 3. The van der Waals surface area contributed by atoms with Gasteiger partial charge in [0.05, 0.1) is 12.7 Å². The van der Waals surface area contributed by atoms with Crippen molar-refractivity contribution in [3.8, 4) is 11.3 Å². The van der Waals surface area contributed by atoms with Gasteiger partial charge in [-0.25, -0.2) is 4.68 Å². The maximum absolute atomic E-state index is 4.34. The summed E-state index contributed by atoms with van der Waals surface area (Å²) in [5.41, 5.74) is 6.27. The minimum absolute atomic E-state index is 0.162. The van der Waals surface area contributed by atoms with Crippen molar-refractivity contribution in [2.45, 2.75) is 58.9 Å². The summed E-state index contributed by atoms with van der Waals surface area (Å²) in [6.07, 6.45) is 2.02. The zero-order chi connectivity index (χ0) is 18.9. The SMILES string of the molecule is CC(C)(C)c1ccc(Cn2cc(-c3ccc(C(C)(C)C)cc3)nn2)cc1. The number of aromatic nitrogens is 3. The fraction of sp³-hybridized carbons (Fsp3) is 0.391. The topological polar surface area (TPSA) is 30.7 Å². The third kappa shape index (κ3) is 4.21. The summed E-state index contributed by atoms with van der Waals surface area (Å²) in [6, 6.07) is 17.4. The summed E-state index contributed by atoms with van der Waals surface area (Å²) in [5, 5.41) is 8.64. The lowest BCUT2D eigenvalue weighted by molar-refractivity contribution is 0.589. The first-order valence-electron chi connectivity index (χ1n) is 9.23. The highest BCUT2D eigenvalue weighted by atomic mass is 15.4. The van der Waals surface area contributed by atoms with Crippen molar-refractivity contribution in [2.24, 2.45) is 0 Å². The molecule has 1 aromatic heterocycles. The van der Waals surface area contributed by atoms with Gasteiger partial charge >= 0.3 is 0 Å². The van der Waals surface area contributed by atoms with Crippen molar-refractivity contribution >= 4 is 0 Å². The Kier molecular flexibility index (Phi) is 4.74. The number of nitrogens with zero attached hydrogens (tertiary/aromatic N) is 3. The molecule has 0 atom stereocenters. The Morgan fingerprint density at radius 1 is 0.731 bits per heavy atom. The molecule has 3 heteroatoms. The Morgan fingerprint density at radius 2 is 1.23 bits per heavy atom. The lowest BCUT2D eigenvalue weighted by Gasteiger charge is -2.19. The predicted molar refractivity (Wildman–Crippen MR) is 108 cm³/mol. The van der Waals surface area contributed by atoms with Crippen LogP contribution in [0.5, 0.6) is 0 Å². The van der Waals surface area contributed by atoms with Crippen molar-refractivity contribution < 1.29 is 0 Å². The van der Waals surface area contributed by atoms with E-state index in [0.29, 0.717) is 0 Å². The highest BCUT2D eigenvalue weighted by Crippen LogP contribution is 2.25. The van der Waals surface area contributed by atoms with Gasteiger partial charge in [-0.2, -0.15) is 0 Å². The Hall–Kier alpha value is -2.42. The molecule has 0 N–H and O–H groups in total. The van der Waals surface area contributed by atoms with Crippen molar-refractivity contribution in [2.75, 3.05) is 0 Å². The van der Waals surface area contributed by atoms with E-state index in [1.807, 2.05) is 10.9 Å². The van der Waals surface area contributed by atoms with Crippen LogP contribution in [0.2, 0.25) is 0 Å². The van der Waals surface area contributed by atoms with Crippen LogP contribution in [0.15, 0.2) is 54.7 Å². The van der Waals surface area contributed by atoms with E-state index < -0.39 is 0 Å². The zero-order valence-electron chi connectivity index (χ0n) is 16.7. The van der Waals surface area contributed by atoms with Gasteiger partial charge in [-0.1, -0.05) is 95.3 Å². The first-order chi connectivity index (χ1) is 12.1. The first-order valence-corrected chi connectivity index (χ1v) is 9.23. The maximum atomic E-state index is 4.34. The quantitative estimate of drug-likeness (QED) is 0.618. The normalized spacial score (nSPS) is 12.4. The number of benzene rings is 2. The van der Waals surface area contributed by atoms with Crippen LogP contribution in [-0.2, 0) is 17.4 Å². The summed E-state index contributed by atoms with van der Waals surface area (Å²) in [4.78, 5) is 0. The van der Waals surface area contributed by atoms with E-state index in [4.69, 9.17) is 0 Å². The second-order valence-electron chi connectivity index (χ2n) is 9.08. The molecule has 0 fully saturated rings. The number of hydrogen-bond donors (Lipinski definition) is 0. The van der Waals surface area contributed by atoms with E-state index in [1.54, 1.807) is 0 Å². The van der Waals surface area contributed by atoms with Crippen molar-refractivity contribution in [3.05, 3.63) is 71.4 Å². The molecule has 3 nitrogen and oxygen atoms in total. The van der Waals surface area contributed by atoms with Crippen molar-refractivity contribution in [3.63, 3.8) is 0 Å². The lowest BCUT2D eigenvalue weighted by atomic mass is 9.86. The summed E-state index contributed by atoms with van der Waals surface area (Å²) < 4.78 is 1.90. The van der Waals surface area contributed by atoms with Crippen LogP contribution in [-0.4, -0.2) is 15.0 Å². The van der Waals surface area contributed by atoms with Gasteiger partial charge in [0, 0.05) is 5.56 Å². The molecule has 0 saturated heterocycles. The molecule has 0 aliphatic heterocycles. The third-order valence-corrected chi connectivity index (χ3v) is 4.75. The van der Waals surface area contributed by atoms with E-state index in [0.717, 1.165) is 17.8 Å². The molecule has 3 rings (SSSR count). The largest absolute Gasteiger partial charge is 0.247 e. The van der Waals surface area contributed by atoms with Crippen molar-refractivity contribution in [1.82, 2.24) is 15.0 Å². The predicted octanol–water partition coefficient (Wildman–Crippen LogP) is 5.59. The van der Waals surface area contributed by atoms with E-state index in [9.17, 15) is 0 Å². The number of hydrogen-bond acceptors (Lipinski definition) is 2. The fourth-order valence-corrected chi connectivity index (χ4v) is 2.95. The van der Waals surface area contributed by atoms with Crippen molar-refractivity contribution in [1.29, 1.82) is 0 Å². The van der Waals surface area contributed by atoms with E-state index in [-0.39, 0.29) is 10.8 Å². The Balaban J connectivity index is 1.74. The Labute approximate surface area is 157 Å². The molecule has 0 aliphatic carbocycles. The van der Waals surface area contributed by atoms with Gasteiger partial charge in [0.15, 0.2) is 0 Å². The van der Waals surface area contributed by atoms with E-state index in [2.05, 4.69) is 100 Å². The van der Waals surface area contributed by atoms with E-state index >= 15 is 0 Å². The first kappa shape index (κ1) is 18.4. The minimum atomic E-state index is 0.162. The molecular formula is C23H29N3. The summed E-state index contributed by atoms with van der Waals surface area (Å²) in [7, 11) is 0. The van der Waals surface area contributed by atoms with Crippen LogP contribution in [0.1, 0.15) is 58.2 Å². The highest BCUT2D eigenvalue weighted by molar-refractivity contribution is 5.58. The average Bonchev–Trinajstić information content (AvgIpc) is 3.02.